The molecule has 7 heteroatoms. The van der Waals surface area contributed by atoms with Gasteiger partial charge in [-0.2, -0.15) is 0 Å². The first kappa shape index (κ1) is 20.8. The van der Waals surface area contributed by atoms with Gasteiger partial charge in [0.25, 0.3) is 5.91 Å². The number of aromatic hydroxyl groups is 2. The molecule has 0 spiro atoms. The first-order valence-electron chi connectivity index (χ1n) is 7.01. The summed E-state index contributed by atoms with van der Waals surface area (Å²) in [6.45, 7) is 0.438. The van der Waals surface area contributed by atoms with Crippen molar-refractivity contribution < 1.29 is 54.5 Å². The summed E-state index contributed by atoms with van der Waals surface area (Å²) in [5.41, 5.74) is -0.119. The molecule has 1 amide bonds. The number of hydrogen-bond donors (Lipinski definition) is 3. The van der Waals surface area contributed by atoms with Crippen LogP contribution in [-0.4, -0.2) is 28.6 Å². The Morgan fingerprint density at radius 1 is 1.00 bits per heavy atom. The minimum Gasteiger partial charge on any atom is -0.550 e. The molecule has 0 aliphatic rings. The van der Waals surface area contributed by atoms with Crippen molar-refractivity contribution >= 4 is 11.9 Å². The zero-order valence-electron chi connectivity index (χ0n) is 12.8. The molecule has 0 saturated heterocycles. The van der Waals surface area contributed by atoms with Crippen LogP contribution in [0.1, 0.15) is 48.9 Å². The molecule has 1 aromatic carbocycles. The van der Waals surface area contributed by atoms with Crippen LogP contribution in [0.2, 0.25) is 0 Å². The molecule has 116 valence electrons. The first-order valence-corrected chi connectivity index (χ1v) is 7.01. The summed E-state index contributed by atoms with van der Waals surface area (Å²) in [7, 11) is 0. The van der Waals surface area contributed by atoms with E-state index in [9.17, 15) is 24.9 Å². The summed E-state index contributed by atoms with van der Waals surface area (Å²) in [5, 5.41) is 31.9. The number of phenols is 2. The largest absolute Gasteiger partial charge is 1.00 e. The van der Waals surface area contributed by atoms with Gasteiger partial charge in [-0.3, -0.25) is 4.79 Å². The molecule has 6 nitrogen and oxygen atoms in total. The van der Waals surface area contributed by atoms with Gasteiger partial charge in [-0.05, 0) is 31.4 Å². The van der Waals surface area contributed by atoms with Gasteiger partial charge in [0.1, 0.15) is 17.1 Å². The van der Waals surface area contributed by atoms with E-state index in [1.165, 1.54) is 18.2 Å². The maximum atomic E-state index is 11.8. The van der Waals surface area contributed by atoms with Crippen molar-refractivity contribution in [2.24, 2.45) is 0 Å². The van der Waals surface area contributed by atoms with Gasteiger partial charge in [0.05, 0.1) is 0 Å². The number of rotatable bonds is 9. The third-order valence-electron chi connectivity index (χ3n) is 3.09. The minimum atomic E-state index is -1.02. The van der Waals surface area contributed by atoms with Crippen LogP contribution in [0, 0.1) is 0 Å². The smallest absolute Gasteiger partial charge is 0.550 e. The molecule has 22 heavy (non-hydrogen) atoms. The number of carbonyl (C=O) groups is 2. The molecule has 0 aromatic heterocycles. The third kappa shape index (κ3) is 7.68. The van der Waals surface area contributed by atoms with E-state index >= 15 is 0 Å². The van der Waals surface area contributed by atoms with E-state index in [2.05, 4.69) is 5.32 Å². The number of benzene rings is 1. The predicted octanol–water partition coefficient (Wildman–Crippen LogP) is -2.08. The van der Waals surface area contributed by atoms with Crippen LogP contribution in [-0.2, 0) is 4.79 Å². The number of carboxylic acids is 1. The second kappa shape index (κ2) is 11.3. The van der Waals surface area contributed by atoms with E-state index in [1.54, 1.807) is 0 Å². The number of phenolic OH excluding ortho intramolecular Hbond substituents is 2. The summed E-state index contributed by atoms with van der Waals surface area (Å²) in [6, 6.07) is 4.13. The van der Waals surface area contributed by atoms with Crippen LogP contribution < -0.4 is 40.0 Å². The Hall–Kier alpha value is -1.24. The number of nitrogens with one attached hydrogen (secondary N) is 1. The van der Waals surface area contributed by atoms with Crippen molar-refractivity contribution in [1.29, 1.82) is 0 Å². The van der Waals surface area contributed by atoms with Gasteiger partial charge in [-0.25, -0.2) is 0 Å². The van der Waals surface area contributed by atoms with Gasteiger partial charge < -0.3 is 25.4 Å². The standard InChI is InChI=1S/C15H21NO5.Na/c17-11-7-6-8-12(18)14(11)15(21)16-10-5-3-1-2-4-9-13(19)20;/h6-8,17-18H,1-5,9-10H2,(H,16,21)(H,19,20);/q;+1/p-1. The summed E-state index contributed by atoms with van der Waals surface area (Å²) in [5.74, 6) is -2.04. The summed E-state index contributed by atoms with van der Waals surface area (Å²) >= 11 is 0. The number of aliphatic carboxylic acids is 1. The molecule has 0 unspecified atom stereocenters. The fourth-order valence-electron chi connectivity index (χ4n) is 1.98. The molecule has 0 heterocycles. The van der Waals surface area contributed by atoms with E-state index in [0.717, 1.165) is 25.7 Å². The number of amides is 1. The van der Waals surface area contributed by atoms with Gasteiger partial charge in [0, 0.05) is 12.5 Å². The van der Waals surface area contributed by atoms with E-state index in [-0.39, 0.29) is 53.0 Å². The maximum Gasteiger partial charge on any atom is 1.00 e. The topological polar surface area (TPSA) is 110 Å². The minimum absolute atomic E-state index is 0. The van der Waals surface area contributed by atoms with Crippen molar-refractivity contribution in [3.63, 3.8) is 0 Å². The maximum absolute atomic E-state index is 11.8. The Balaban J connectivity index is 0.00000441. The normalized spacial score (nSPS) is 9.82. The summed E-state index contributed by atoms with van der Waals surface area (Å²) in [4.78, 5) is 22.0. The Morgan fingerprint density at radius 2 is 1.55 bits per heavy atom. The molecule has 0 atom stereocenters. The van der Waals surface area contributed by atoms with Crippen molar-refractivity contribution in [3.05, 3.63) is 23.8 Å². The molecule has 1 aromatic rings. The Bertz CT molecular complexity index is 473. The van der Waals surface area contributed by atoms with Gasteiger partial charge in [-0.1, -0.05) is 25.3 Å². The quantitative estimate of drug-likeness (QED) is 0.358. The molecule has 0 aliphatic carbocycles. The van der Waals surface area contributed by atoms with Crippen LogP contribution in [0.25, 0.3) is 0 Å². The van der Waals surface area contributed by atoms with Crippen molar-refractivity contribution in [3.8, 4) is 11.5 Å². The fourth-order valence-corrected chi connectivity index (χ4v) is 1.98. The van der Waals surface area contributed by atoms with E-state index in [1.807, 2.05) is 0 Å². The Labute approximate surface area is 151 Å². The van der Waals surface area contributed by atoms with Crippen LogP contribution in [0.4, 0.5) is 0 Å². The molecule has 0 saturated carbocycles. The average Bonchev–Trinajstić information content (AvgIpc) is 2.41. The molecule has 0 fully saturated rings. The molecule has 0 radical (unpaired) electrons. The van der Waals surface area contributed by atoms with Crippen LogP contribution >= 0.6 is 0 Å². The summed E-state index contributed by atoms with van der Waals surface area (Å²) < 4.78 is 0. The van der Waals surface area contributed by atoms with Crippen molar-refractivity contribution in [2.75, 3.05) is 6.54 Å². The Kier molecular flexibility index (Phi) is 10.7. The first-order chi connectivity index (χ1) is 10.0. The van der Waals surface area contributed by atoms with Crippen LogP contribution in [0.5, 0.6) is 11.5 Å². The summed E-state index contributed by atoms with van der Waals surface area (Å²) in [6.07, 6.45) is 4.04. The second-order valence-electron chi connectivity index (χ2n) is 4.82. The molecule has 0 aliphatic heterocycles. The van der Waals surface area contributed by atoms with Gasteiger partial charge >= 0.3 is 29.6 Å². The molecular weight excluding hydrogens is 297 g/mol. The molecule has 0 bridgehead atoms. The third-order valence-corrected chi connectivity index (χ3v) is 3.09. The number of hydrogen-bond acceptors (Lipinski definition) is 5. The zero-order chi connectivity index (χ0) is 15.7. The average molecular weight is 317 g/mol. The van der Waals surface area contributed by atoms with E-state index in [4.69, 9.17) is 0 Å². The van der Waals surface area contributed by atoms with Gasteiger partial charge in [0.15, 0.2) is 0 Å². The van der Waals surface area contributed by atoms with Crippen molar-refractivity contribution in [1.82, 2.24) is 5.32 Å². The molecule has 1 rings (SSSR count). The Morgan fingerprint density at radius 3 is 2.14 bits per heavy atom. The molecular formula is C15H20NNaO5. The zero-order valence-corrected chi connectivity index (χ0v) is 14.8. The van der Waals surface area contributed by atoms with Gasteiger partial charge in [-0.15, -0.1) is 0 Å². The molecule has 3 N–H and O–H groups in total. The number of carboxylic acid groups (broad SMARTS) is 1. The number of carbonyl (C=O) groups excluding carboxylic acids is 2. The fraction of sp³-hybridized carbons (Fsp3) is 0.467. The van der Waals surface area contributed by atoms with Crippen LogP contribution in [0.3, 0.4) is 0 Å². The monoisotopic (exact) mass is 317 g/mol. The van der Waals surface area contributed by atoms with E-state index < -0.39 is 11.9 Å². The predicted molar refractivity (Wildman–Crippen MR) is 74.8 cm³/mol. The van der Waals surface area contributed by atoms with E-state index in [0.29, 0.717) is 13.0 Å². The SMILES string of the molecule is O=C([O-])CCCCCCCNC(=O)c1c(O)cccc1O.[Na+]. The van der Waals surface area contributed by atoms with Crippen molar-refractivity contribution in [2.45, 2.75) is 38.5 Å². The number of unbranched alkanes of at least 4 members (excludes halogenated alkanes) is 4. The van der Waals surface area contributed by atoms with Gasteiger partial charge in [0.2, 0.25) is 0 Å². The van der Waals surface area contributed by atoms with Crippen LogP contribution in [0.15, 0.2) is 18.2 Å². The second-order valence-corrected chi connectivity index (χ2v) is 4.82.